The van der Waals surface area contributed by atoms with Crippen LogP contribution in [0, 0.1) is 5.92 Å². The molecule has 1 unspecified atom stereocenters. The lowest BCUT2D eigenvalue weighted by atomic mass is 10.0. The molecule has 1 aromatic rings. The second-order valence-corrected chi connectivity index (χ2v) is 8.98. The van der Waals surface area contributed by atoms with Gasteiger partial charge in [-0.15, -0.1) is 4.40 Å². The standard InChI is InChI=1S/C19H27N3O3S/c1-14(13-19(23)20-15-8-4-2-3-5-9-15)12-18-21-16-10-6-7-11-17(16)26(24,25)22-18/h6-7,10-11,14-15H,2-5,8-9,12-13H2,1H3,(H,20,23)(H,21,22). The highest BCUT2D eigenvalue weighted by atomic mass is 32.2. The molecule has 0 radical (unpaired) electrons. The number of fused-ring (bicyclic) bond motifs is 1. The van der Waals surface area contributed by atoms with Crippen molar-refractivity contribution >= 4 is 27.5 Å². The maximum atomic E-state index is 12.3. The van der Waals surface area contributed by atoms with Crippen molar-refractivity contribution in [3.8, 4) is 0 Å². The van der Waals surface area contributed by atoms with Gasteiger partial charge >= 0.3 is 0 Å². The van der Waals surface area contributed by atoms with Crippen molar-refractivity contribution in [2.75, 3.05) is 5.32 Å². The number of anilines is 1. The number of carbonyl (C=O) groups excluding carboxylic acids is 1. The van der Waals surface area contributed by atoms with E-state index in [0.29, 0.717) is 24.4 Å². The van der Waals surface area contributed by atoms with Crippen LogP contribution in [0.15, 0.2) is 33.6 Å². The first-order chi connectivity index (χ1) is 12.4. The van der Waals surface area contributed by atoms with Crippen LogP contribution in [0.5, 0.6) is 0 Å². The van der Waals surface area contributed by atoms with Crippen molar-refractivity contribution in [3.05, 3.63) is 24.3 Å². The molecule has 1 atom stereocenters. The van der Waals surface area contributed by atoms with Gasteiger partial charge in [-0.25, -0.2) is 0 Å². The van der Waals surface area contributed by atoms with E-state index in [1.807, 2.05) is 6.92 Å². The number of hydrogen-bond acceptors (Lipinski definition) is 4. The van der Waals surface area contributed by atoms with E-state index < -0.39 is 10.0 Å². The molecule has 142 valence electrons. The number of para-hydroxylation sites is 1. The van der Waals surface area contributed by atoms with Gasteiger partial charge in [0.2, 0.25) is 5.91 Å². The van der Waals surface area contributed by atoms with Crippen LogP contribution in [0.4, 0.5) is 5.69 Å². The highest BCUT2D eigenvalue weighted by Crippen LogP contribution is 2.28. The van der Waals surface area contributed by atoms with Gasteiger partial charge in [0.1, 0.15) is 10.7 Å². The zero-order chi connectivity index (χ0) is 18.6. The van der Waals surface area contributed by atoms with E-state index in [-0.39, 0.29) is 22.8 Å². The summed E-state index contributed by atoms with van der Waals surface area (Å²) in [5, 5.41) is 6.23. The Labute approximate surface area is 155 Å². The minimum atomic E-state index is -3.67. The van der Waals surface area contributed by atoms with Gasteiger partial charge in [0.15, 0.2) is 0 Å². The summed E-state index contributed by atoms with van der Waals surface area (Å²) < 4.78 is 28.4. The highest BCUT2D eigenvalue weighted by molar-refractivity contribution is 7.90. The van der Waals surface area contributed by atoms with Gasteiger partial charge in [0, 0.05) is 18.9 Å². The summed E-state index contributed by atoms with van der Waals surface area (Å²) in [6.07, 6.45) is 7.78. The summed E-state index contributed by atoms with van der Waals surface area (Å²) in [4.78, 5) is 12.5. The third kappa shape index (κ3) is 4.84. The van der Waals surface area contributed by atoms with Gasteiger partial charge in [-0.1, -0.05) is 44.7 Å². The summed E-state index contributed by atoms with van der Waals surface area (Å²) >= 11 is 0. The lowest BCUT2D eigenvalue weighted by Crippen LogP contribution is -2.35. The highest BCUT2D eigenvalue weighted by Gasteiger charge is 2.25. The Kier molecular flexibility index (Phi) is 5.96. The molecule has 0 aromatic heterocycles. The van der Waals surface area contributed by atoms with Crippen LogP contribution in [0.1, 0.15) is 58.3 Å². The Bertz CT molecular complexity index is 781. The summed E-state index contributed by atoms with van der Waals surface area (Å²) in [5.41, 5.74) is 0.549. The third-order valence-corrected chi connectivity index (χ3v) is 6.34. The molecule has 1 saturated carbocycles. The largest absolute Gasteiger partial charge is 0.353 e. The number of hydrogen-bond donors (Lipinski definition) is 2. The van der Waals surface area contributed by atoms with E-state index in [1.165, 1.54) is 25.7 Å². The Balaban J connectivity index is 1.56. The quantitative estimate of drug-likeness (QED) is 0.769. The van der Waals surface area contributed by atoms with E-state index in [2.05, 4.69) is 15.0 Å². The molecule has 6 nitrogen and oxygen atoms in total. The van der Waals surface area contributed by atoms with Gasteiger partial charge < -0.3 is 10.6 Å². The van der Waals surface area contributed by atoms with Crippen molar-refractivity contribution in [2.45, 2.75) is 69.2 Å². The Hall–Kier alpha value is -1.89. The van der Waals surface area contributed by atoms with Crippen LogP contribution in [-0.4, -0.2) is 26.2 Å². The number of sulfonamides is 1. The van der Waals surface area contributed by atoms with Gasteiger partial charge in [-0.2, -0.15) is 8.42 Å². The average molecular weight is 378 g/mol. The first-order valence-electron chi connectivity index (χ1n) is 9.43. The molecule has 1 aliphatic carbocycles. The molecule has 3 rings (SSSR count). The SMILES string of the molecule is CC(CC(=O)NC1CCCCCC1)CC1=NS(=O)(=O)c2ccccc2N1. The number of nitrogens with one attached hydrogen (secondary N) is 2. The lowest BCUT2D eigenvalue weighted by molar-refractivity contribution is -0.122. The normalized spacial score (nSPS) is 20.9. The first kappa shape index (κ1) is 18.9. The number of rotatable bonds is 5. The van der Waals surface area contributed by atoms with Crippen LogP contribution in [0.2, 0.25) is 0 Å². The zero-order valence-corrected chi connectivity index (χ0v) is 16.0. The second kappa shape index (κ2) is 8.20. The fourth-order valence-electron chi connectivity index (χ4n) is 3.68. The maximum Gasteiger partial charge on any atom is 0.286 e. The smallest absolute Gasteiger partial charge is 0.286 e. The molecule has 1 heterocycles. The predicted octanol–water partition coefficient (Wildman–Crippen LogP) is 3.45. The van der Waals surface area contributed by atoms with Gasteiger partial charge in [0.25, 0.3) is 10.0 Å². The van der Waals surface area contributed by atoms with E-state index in [0.717, 1.165) is 12.8 Å². The molecule has 0 saturated heterocycles. The number of amidine groups is 1. The van der Waals surface area contributed by atoms with Crippen LogP contribution < -0.4 is 10.6 Å². The van der Waals surface area contributed by atoms with Gasteiger partial charge in [-0.3, -0.25) is 4.79 Å². The zero-order valence-electron chi connectivity index (χ0n) is 15.2. The molecular weight excluding hydrogens is 350 g/mol. The van der Waals surface area contributed by atoms with Crippen molar-refractivity contribution < 1.29 is 13.2 Å². The second-order valence-electron chi connectivity index (χ2n) is 7.40. The van der Waals surface area contributed by atoms with E-state index in [9.17, 15) is 13.2 Å². The Morgan fingerprint density at radius 1 is 1.23 bits per heavy atom. The molecule has 2 N–H and O–H groups in total. The summed E-state index contributed by atoms with van der Waals surface area (Å²) in [5.74, 6) is 0.454. The molecule has 0 spiro atoms. The van der Waals surface area contributed by atoms with Crippen molar-refractivity contribution in [1.82, 2.24) is 5.32 Å². The van der Waals surface area contributed by atoms with Crippen LogP contribution >= 0.6 is 0 Å². The van der Waals surface area contributed by atoms with Gasteiger partial charge in [0.05, 0.1) is 5.69 Å². The minimum Gasteiger partial charge on any atom is -0.353 e. The Morgan fingerprint density at radius 2 is 1.92 bits per heavy atom. The number of amides is 1. The molecular formula is C19H27N3O3S. The first-order valence-corrected chi connectivity index (χ1v) is 10.9. The molecule has 7 heteroatoms. The van der Waals surface area contributed by atoms with Crippen molar-refractivity contribution in [2.24, 2.45) is 10.3 Å². The molecule has 1 amide bonds. The van der Waals surface area contributed by atoms with E-state index in [1.54, 1.807) is 24.3 Å². The fourth-order valence-corrected chi connectivity index (χ4v) is 4.84. The number of nitrogens with zero attached hydrogens (tertiary/aromatic N) is 1. The predicted molar refractivity (Wildman–Crippen MR) is 103 cm³/mol. The average Bonchev–Trinajstić information content (AvgIpc) is 2.82. The number of carbonyl (C=O) groups is 1. The van der Waals surface area contributed by atoms with E-state index in [4.69, 9.17) is 0 Å². The van der Waals surface area contributed by atoms with Crippen molar-refractivity contribution in [1.29, 1.82) is 0 Å². The van der Waals surface area contributed by atoms with Crippen molar-refractivity contribution in [3.63, 3.8) is 0 Å². The number of benzene rings is 1. The monoisotopic (exact) mass is 377 g/mol. The molecule has 0 bridgehead atoms. The molecule has 1 aliphatic heterocycles. The van der Waals surface area contributed by atoms with Crippen LogP contribution in [0.25, 0.3) is 0 Å². The lowest BCUT2D eigenvalue weighted by Gasteiger charge is -2.21. The molecule has 1 fully saturated rings. The van der Waals surface area contributed by atoms with Crippen LogP contribution in [-0.2, 0) is 14.8 Å². The summed E-state index contributed by atoms with van der Waals surface area (Å²) in [6.45, 7) is 1.95. The fraction of sp³-hybridized carbons (Fsp3) is 0.579. The van der Waals surface area contributed by atoms with Crippen LogP contribution in [0.3, 0.4) is 0 Å². The third-order valence-electron chi connectivity index (χ3n) is 4.97. The maximum absolute atomic E-state index is 12.3. The topological polar surface area (TPSA) is 87.6 Å². The minimum absolute atomic E-state index is 0.00694. The molecule has 1 aromatic carbocycles. The summed E-state index contributed by atoms with van der Waals surface area (Å²) in [7, 11) is -3.67. The molecule has 26 heavy (non-hydrogen) atoms. The molecule has 2 aliphatic rings. The Morgan fingerprint density at radius 3 is 2.65 bits per heavy atom. The van der Waals surface area contributed by atoms with E-state index >= 15 is 0 Å². The summed E-state index contributed by atoms with van der Waals surface area (Å²) in [6, 6.07) is 7.02. The van der Waals surface area contributed by atoms with Gasteiger partial charge in [-0.05, 0) is 30.9 Å².